The summed E-state index contributed by atoms with van der Waals surface area (Å²) >= 11 is 19.2. The van der Waals surface area contributed by atoms with Gasteiger partial charge in [0.1, 0.15) is 11.6 Å². The van der Waals surface area contributed by atoms with Crippen molar-refractivity contribution in [1.29, 1.82) is 0 Å². The van der Waals surface area contributed by atoms with Crippen molar-refractivity contribution in [2.24, 2.45) is 0 Å². The van der Waals surface area contributed by atoms with Crippen molar-refractivity contribution in [2.75, 3.05) is 0 Å². The van der Waals surface area contributed by atoms with Gasteiger partial charge in [-0.25, -0.2) is 4.39 Å². The molecule has 0 aliphatic carbocycles. The van der Waals surface area contributed by atoms with Gasteiger partial charge in [0.25, 0.3) is 0 Å². The number of H-pyrrole nitrogens is 1. The molecule has 1 N–H and O–H groups in total. The van der Waals surface area contributed by atoms with Gasteiger partial charge in [-0.1, -0.05) is 35.3 Å². The lowest BCUT2D eigenvalue weighted by Crippen LogP contribution is -2.02. The second-order valence-corrected chi connectivity index (χ2v) is 7.66. The Labute approximate surface area is 164 Å². The van der Waals surface area contributed by atoms with Gasteiger partial charge >= 0.3 is 0 Å². The van der Waals surface area contributed by atoms with Gasteiger partial charge in [-0.05, 0) is 54.5 Å². The van der Waals surface area contributed by atoms with Crippen LogP contribution in [-0.4, -0.2) is 14.8 Å². The molecule has 0 saturated carbocycles. The zero-order valence-electron chi connectivity index (χ0n) is 13.2. The Hall–Kier alpha value is -1.34. The molecule has 2 aromatic carbocycles. The highest BCUT2D eigenvalue weighted by Crippen LogP contribution is 2.26. The first-order chi connectivity index (χ1) is 12.0. The quantitative estimate of drug-likeness (QED) is 0.511. The highest BCUT2D eigenvalue weighted by atomic mass is 35.5. The molecule has 0 spiro atoms. The molecular weight excluding hydrogens is 400 g/mol. The highest BCUT2D eigenvalue weighted by Gasteiger charge is 2.12. The van der Waals surface area contributed by atoms with E-state index in [1.165, 1.54) is 12.1 Å². The van der Waals surface area contributed by atoms with Crippen molar-refractivity contribution < 1.29 is 4.39 Å². The minimum atomic E-state index is -0.337. The van der Waals surface area contributed by atoms with Crippen LogP contribution in [0.3, 0.4) is 0 Å². The molecule has 0 radical (unpaired) electrons. The first kappa shape index (κ1) is 18.5. The number of aryl methyl sites for hydroxylation is 1. The van der Waals surface area contributed by atoms with Gasteiger partial charge in [0.15, 0.2) is 4.77 Å². The number of nitrogens with zero attached hydrogens (tertiary/aromatic N) is 2. The van der Waals surface area contributed by atoms with Gasteiger partial charge < -0.3 is 0 Å². The predicted octanol–water partition coefficient (Wildman–Crippen LogP) is 6.12. The summed E-state index contributed by atoms with van der Waals surface area (Å²) in [5.74, 6) is 1.72. The van der Waals surface area contributed by atoms with Crippen molar-refractivity contribution in [3.05, 3.63) is 74.0 Å². The van der Waals surface area contributed by atoms with E-state index in [1.807, 2.05) is 29.7 Å². The fourth-order valence-electron chi connectivity index (χ4n) is 2.39. The lowest BCUT2D eigenvalue weighted by molar-refractivity contribution is 0.627. The zero-order chi connectivity index (χ0) is 18.0. The van der Waals surface area contributed by atoms with E-state index in [-0.39, 0.29) is 5.82 Å². The van der Waals surface area contributed by atoms with E-state index in [2.05, 4.69) is 10.2 Å². The Morgan fingerprint density at radius 3 is 2.76 bits per heavy atom. The molecule has 1 heterocycles. The number of benzene rings is 2. The molecular formula is C17H14Cl2FN3S2. The van der Waals surface area contributed by atoms with Crippen molar-refractivity contribution in [3.8, 4) is 5.69 Å². The molecule has 8 heteroatoms. The molecule has 0 aliphatic rings. The summed E-state index contributed by atoms with van der Waals surface area (Å²) in [4.78, 5) is 0. The van der Waals surface area contributed by atoms with Gasteiger partial charge in [-0.2, -0.15) is 5.10 Å². The van der Waals surface area contributed by atoms with Crippen LogP contribution in [0.2, 0.25) is 10.0 Å². The fourth-order valence-corrected chi connectivity index (χ4v) is 4.07. The topological polar surface area (TPSA) is 33.6 Å². The number of thioether (sulfide) groups is 1. The molecule has 0 saturated heterocycles. The molecule has 0 atom stereocenters. The van der Waals surface area contributed by atoms with Gasteiger partial charge in [-0.15, -0.1) is 11.8 Å². The van der Waals surface area contributed by atoms with E-state index in [0.29, 0.717) is 26.3 Å². The third-order valence-corrected chi connectivity index (χ3v) is 5.50. The SMILES string of the molecule is Cc1ccc(Cl)cc1-n1c(CSCc2ccc(F)cc2Cl)n[nH]c1=S. The van der Waals surface area contributed by atoms with E-state index in [4.69, 9.17) is 35.4 Å². The molecule has 3 aromatic rings. The van der Waals surface area contributed by atoms with Crippen LogP contribution >= 0.6 is 47.2 Å². The van der Waals surface area contributed by atoms with E-state index in [0.717, 1.165) is 22.6 Å². The predicted molar refractivity (Wildman–Crippen MR) is 105 cm³/mol. The molecule has 1 aromatic heterocycles. The second-order valence-electron chi connectivity index (χ2n) is 5.44. The maximum Gasteiger partial charge on any atom is 0.199 e. The smallest absolute Gasteiger partial charge is 0.199 e. The lowest BCUT2D eigenvalue weighted by atomic mass is 10.2. The average Bonchev–Trinajstić information content (AvgIpc) is 2.92. The number of halogens is 3. The number of nitrogens with one attached hydrogen (secondary N) is 1. The van der Waals surface area contributed by atoms with E-state index < -0.39 is 0 Å². The summed E-state index contributed by atoms with van der Waals surface area (Å²) in [5.41, 5.74) is 2.84. The molecule has 130 valence electrons. The van der Waals surface area contributed by atoms with Crippen LogP contribution in [0, 0.1) is 17.5 Å². The summed E-state index contributed by atoms with van der Waals surface area (Å²) in [6, 6.07) is 10.1. The molecule has 0 unspecified atom stereocenters. The second kappa shape index (κ2) is 7.91. The minimum absolute atomic E-state index is 0.337. The van der Waals surface area contributed by atoms with Crippen LogP contribution in [-0.2, 0) is 11.5 Å². The number of rotatable bonds is 5. The van der Waals surface area contributed by atoms with Crippen LogP contribution < -0.4 is 0 Å². The first-order valence-electron chi connectivity index (χ1n) is 7.40. The number of aromatic nitrogens is 3. The van der Waals surface area contributed by atoms with Crippen LogP contribution in [0.5, 0.6) is 0 Å². The number of aromatic amines is 1. The van der Waals surface area contributed by atoms with E-state index >= 15 is 0 Å². The minimum Gasteiger partial charge on any atom is -0.271 e. The Balaban J connectivity index is 1.80. The van der Waals surface area contributed by atoms with Crippen LogP contribution in [0.25, 0.3) is 5.69 Å². The molecule has 0 amide bonds. The zero-order valence-corrected chi connectivity index (χ0v) is 16.4. The normalized spacial score (nSPS) is 11.0. The van der Waals surface area contributed by atoms with Gasteiger partial charge in [0.05, 0.1) is 11.4 Å². The van der Waals surface area contributed by atoms with Crippen molar-refractivity contribution >= 4 is 47.2 Å². The average molecular weight is 414 g/mol. The number of hydrogen-bond acceptors (Lipinski definition) is 3. The third-order valence-electron chi connectivity index (χ3n) is 3.66. The monoisotopic (exact) mass is 413 g/mol. The van der Waals surface area contributed by atoms with Crippen LogP contribution in [0.15, 0.2) is 36.4 Å². The lowest BCUT2D eigenvalue weighted by Gasteiger charge is -2.10. The van der Waals surface area contributed by atoms with E-state index in [9.17, 15) is 4.39 Å². The largest absolute Gasteiger partial charge is 0.271 e. The molecule has 0 aliphatic heterocycles. The fraction of sp³-hybridized carbons (Fsp3) is 0.176. The van der Waals surface area contributed by atoms with Crippen molar-refractivity contribution in [1.82, 2.24) is 14.8 Å². The summed E-state index contributed by atoms with van der Waals surface area (Å²) in [5, 5.41) is 8.22. The summed E-state index contributed by atoms with van der Waals surface area (Å²) < 4.78 is 15.5. The summed E-state index contributed by atoms with van der Waals surface area (Å²) in [6.45, 7) is 2.00. The molecule has 25 heavy (non-hydrogen) atoms. The van der Waals surface area contributed by atoms with Gasteiger partial charge in [0, 0.05) is 15.8 Å². The van der Waals surface area contributed by atoms with Crippen molar-refractivity contribution in [2.45, 2.75) is 18.4 Å². The highest BCUT2D eigenvalue weighted by molar-refractivity contribution is 7.97. The Kier molecular flexibility index (Phi) is 5.84. The molecule has 3 nitrogen and oxygen atoms in total. The Morgan fingerprint density at radius 1 is 1.20 bits per heavy atom. The summed E-state index contributed by atoms with van der Waals surface area (Å²) in [7, 11) is 0. The first-order valence-corrected chi connectivity index (χ1v) is 9.72. The summed E-state index contributed by atoms with van der Waals surface area (Å²) in [6.07, 6.45) is 0. The molecule has 3 rings (SSSR count). The maximum atomic E-state index is 13.1. The number of hydrogen-bond donors (Lipinski definition) is 1. The van der Waals surface area contributed by atoms with Crippen LogP contribution in [0.1, 0.15) is 17.0 Å². The standard InChI is InChI=1S/C17H14Cl2FN3S2/c1-10-2-4-12(18)6-15(10)23-16(21-22-17(23)24)9-25-8-11-3-5-13(20)7-14(11)19/h2-7H,8-9H2,1H3,(H,22,24). The van der Waals surface area contributed by atoms with Gasteiger partial charge in [0.2, 0.25) is 0 Å². The van der Waals surface area contributed by atoms with Crippen molar-refractivity contribution in [3.63, 3.8) is 0 Å². The van der Waals surface area contributed by atoms with Crippen LogP contribution in [0.4, 0.5) is 4.39 Å². The molecule has 0 bridgehead atoms. The van der Waals surface area contributed by atoms with Gasteiger partial charge in [-0.3, -0.25) is 9.67 Å². The third kappa shape index (κ3) is 4.26. The maximum absolute atomic E-state index is 13.1. The Bertz CT molecular complexity index is 969. The Morgan fingerprint density at radius 2 is 2.00 bits per heavy atom. The molecule has 0 fully saturated rings. The van der Waals surface area contributed by atoms with E-state index in [1.54, 1.807) is 17.8 Å².